The summed E-state index contributed by atoms with van der Waals surface area (Å²) in [6, 6.07) is 17.9. The molecule has 0 amide bonds. The van der Waals surface area contributed by atoms with Crippen LogP contribution in [0.1, 0.15) is 25.7 Å². The molecule has 0 spiro atoms. The summed E-state index contributed by atoms with van der Waals surface area (Å²) in [5.41, 5.74) is 0. The van der Waals surface area contributed by atoms with E-state index in [9.17, 15) is 4.57 Å². The van der Waals surface area contributed by atoms with Gasteiger partial charge in [-0.2, -0.15) is 0 Å². The predicted octanol–water partition coefficient (Wildman–Crippen LogP) is 5.21. The minimum Gasteiger partial charge on any atom is -0.395 e. The molecular weight excluding hydrogens is 299 g/mol. The van der Waals surface area contributed by atoms with Gasteiger partial charge in [0.25, 0.3) is 0 Å². The molecule has 22 heavy (non-hydrogen) atoms. The lowest BCUT2D eigenvalue weighted by Gasteiger charge is -2.22. The molecule has 0 heterocycles. The molecule has 0 bridgehead atoms. The number of rotatable bonds is 6. The summed E-state index contributed by atoms with van der Waals surface area (Å²) < 4.78 is 29.9. The summed E-state index contributed by atoms with van der Waals surface area (Å²) in [6.07, 6.45) is 3.88. The summed E-state index contributed by atoms with van der Waals surface area (Å²) in [6.45, 7) is 0. The van der Waals surface area contributed by atoms with Crippen molar-refractivity contribution < 1.29 is 18.1 Å². The molecule has 0 N–H and O–H groups in total. The normalized spacial score (nSPS) is 15.6. The van der Waals surface area contributed by atoms with Crippen LogP contribution in [0.5, 0.6) is 11.5 Å². The zero-order valence-corrected chi connectivity index (χ0v) is 13.2. The fourth-order valence-corrected chi connectivity index (χ4v) is 3.92. The van der Waals surface area contributed by atoms with Crippen LogP contribution in [0.15, 0.2) is 60.7 Å². The molecule has 1 saturated carbocycles. The Morgan fingerprint density at radius 3 is 1.68 bits per heavy atom. The van der Waals surface area contributed by atoms with Gasteiger partial charge in [-0.1, -0.05) is 49.2 Å². The van der Waals surface area contributed by atoms with E-state index < -0.39 is 7.82 Å². The van der Waals surface area contributed by atoms with Gasteiger partial charge < -0.3 is 9.05 Å². The Kier molecular flexibility index (Phi) is 4.81. The van der Waals surface area contributed by atoms with Gasteiger partial charge in [0, 0.05) is 0 Å². The van der Waals surface area contributed by atoms with Crippen molar-refractivity contribution in [2.45, 2.75) is 31.8 Å². The number of phosphoric acid groups is 1. The fraction of sp³-hybridized carbons (Fsp3) is 0.294. The summed E-state index contributed by atoms with van der Waals surface area (Å²) in [5.74, 6) is 0.944. The quantitative estimate of drug-likeness (QED) is 0.686. The predicted molar refractivity (Wildman–Crippen MR) is 85.1 cm³/mol. The van der Waals surface area contributed by atoms with E-state index in [1.807, 2.05) is 36.4 Å². The number of benzene rings is 2. The van der Waals surface area contributed by atoms with Gasteiger partial charge in [0.05, 0.1) is 6.10 Å². The van der Waals surface area contributed by atoms with Gasteiger partial charge in [-0.15, -0.1) is 0 Å². The second-order valence-corrected chi connectivity index (χ2v) is 6.74. The molecule has 0 saturated heterocycles. The van der Waals surface area contributed by atoms with Gasteiger partial charge in [-0.05, 0) is 37.1 Å². The van der Waals surface area contributed by atoms with Gasteiger partial charge >= 0.3 is 7.82 Å². The Morgan fingerprint density at radius 1 is 0.773 bits per heavy atom. The van der Waals surface area contributed by atoms with E-state index in [2.05, 4.69) is 0 Å². The Labute approximate surface area is 130 Å². The van der Waals surface area contributed by atoms with Crippen molar-refractivity contribution in [1.29, 1.82) is 0 Å². The number of phosphoric ester groups is 1. The standard InChI is InChI=1S/C17H19O4P/c18-22(21-17-13-7-8-14-17,19-15-9-3-1-4-10-15)20-16-11-5-2-6-12-16/h1-6,9-12,17H,7-8,13-14H2. The van der Waals surface area contributed by atoms with Crippen LogP contribution in [0.2, 0.25) is 0 Å². The summed E-state index contributed by atoms with van der Waals surface area (Å²) in [7, 11) is -3.71. The second kappa shape index (κ2) is 6.99. The molecule has 0 aliphatic heterocycles. The van der Waals surface area contributed by atoms with Gasteiger partial charge in [0.1, 0.15) is 11.5 Å². The molecule has 1 fully saturated rings. The molecule has 3 rings (SSSR count). The Morgan fingerprint density at radius 2 is 1.23 bits per heavy atom. The minimum absolute atomic E-state index is 0.0711. The maximum absolute atomic E-state index is 13.0. The van der Waals surface area contributed by atoms with E-state index in [1.54, 1.807) is 24.3 Å². The van der Waals surface area contributed by atoms with E-state index >= 15 is 0 Å². The lowest BCUT2D eigenvalue weighted by Crippen LogP contribution is -2.12. The molecule has 116 valence electrons. The Balaban J connectivity index is 1.79. The van der Waals surface area contributed by atoms with Gasteiger partial charge in [-0.3, -0.25) is 4.52 Å². The third-order valence-electron chi connectivity index (χ3n) is 3.50. The van der Waals surface area contributed by atoms with Crippen molar-refractivity contribution in [3.8, 4) is 11.5 Å². The van der Waals surface area contributed by atoms with Crippen molar-refractivity contribution in [1.82, 2.24) is 0 Å². The average Bonchev–Trinajstić information content (AvgIpc) is 3.01. The van der Waals surface area contributed by atoms with E-state index in [0.29, 0.717) is 11.5 Å². The fourth-order valence-electron chi connectivity index (χ4n) is 2.46. The first kappa shape index (κ1) is 15.1. The summed E-state index contributed by atoms with van der Waals surface area (Å²) in [4.78, 5) is 0. The molecule has 1 aliphatic rings. The summed E-state index contributed by atoms with van der Waals surface area (Å²) in [5, 5.41) is 0. The smallest absolute Gasteiger partial charge is 0.395 e. The van der Waals surface area contributed by atoms with Crippen molar-refractivity contribution in [3.63, 3.8) is 0 Å². The second-order valence-electron chi connectivity index (χ2n) is 5.27. The molecule has 5 heteroatoms. The lowest BCUT2D eigenvalue weighted by atomic mass is 10.3. The number of para-hydroxylation sites is 2. The van der Waals surface area contributed by atoms with Crippen molar-refractivity contribution in [3.05, 3.63) is 60.7 Å². The highest BCUT2D eigenvalue weighted by Crippen LogP contribution is 2.52. The van der Waals surface area contributed by atoms with Crippen LogP contribution in [-0.4, -0.2) is 6.10 Å². The third-order valence-corrected chi connectivity index (χ3v) is 4.93. The highest BCUT2D eigenvalue weighted by atomic mass is 31.2. The van der Waals surface area contributed by atoms with Gasteiger partial charge in [0.15, 0.2) is 0 Å². The van der Waals surface area contributed by atoms with Crippen LogP contribution in [0.3, 0.4) is 0 Å². The maximum Gasteiger partial charge on any atom is 0.587 e. The minimum atomic E-state index is -3.71. The van der Waals surface area contributed by atoms with Crippen LogP contribution < -0.4 is 9.05 Å². The number of hydrogen-bond acceptors (Lipinski definition) is 4. The van der Waals surface area contributed by atoms with Crippen LogP contribution in [-0.2, 0) is 9.09 Å². The van der Waals surface area contributed by atoms with E-state index in [1.165, 1.54) is 0 Å². The zero-order chi connectivity index (χ0) is 15.3. The molecule has 2 aromatic carbocycles. The molecular formula is C17H19O4P. The topological polar surface area (TPSA) is 44.8 Å². The highest BCUT2D eigenvalue weighted by molar-refractivity contribution is 7.49. The van der Waals surface area contributed by atoms with Crippen molar-refractivity contribution >= 4 is 7.82 Å². The van der Waals surface area contributed by atoms with Crippen molar-refractivity contribution in [2.75, 3.05) is 0 Å². The lowest BCUT2D eigenvalue weighted by molar-refractivity contribution is 0.147. The van der Waals surface area contributed by atoms with E-state index in [0.717, 1.165) is 25.7 Å². The Bertz CT molecular complexity index is 578. The Hall–Kier alpha value is -1.77. The molecule has 0 aromatic heterocycles. The van der Waals surface area contributed by atoms with Crippen LogP contribution in [0.4, 0.5) is 0 Å². The molecule has 1 aliphatic carbocycles. The zero-order valence-electron chi connectivity index (χ0n) is 12.3. The molecule has 2 aromatic rings. The van der Waals surface area contributed by atoms with E-state index in [-0.39, 0.29) is 6.10 Å². The first-order valence-electron chi connectivity index (χ1n) is 7.51. The van der Waals surface area contributed by atoms with Gasteiger partial charge in [-0.25, -0.2) is 4.57 Å². The van der Waals surface area contributed by atoms with Crippen LogP contribution in [0.25, 0.3) is 0 Å². The maximum atomic E-state index is 13.0. The first-order valence-corrected chi connectivity index (χ1v) is 8.97. The third kappa shape index (κ3) is 4.12. The molecule has 0 atom stereocenters. The SMILES string of the molecule is O=P(Oc1ccccc1)(Oc1ccccc1)OC1CCCC1. The summed E-state index contributed by atoms with van der Waals surface area (Å²) >= 11 is 0. The van der Waals surface area contributed by atoms with Gasteiger partial charge in [0.2, 0.25) is 0 Å². The number of hydrogen-bond donors (Lipinski definition) is 0. The van der Waals surface area contributed by atoms with E-state index in [4.69, 9.17) is 13.6 Å². The molecule has 0 unspecified atom stereocenters. The molecule has 4 nitrogen and oxygen atoms in total. The van der Waals surface area contributed by atoms with Crippen LogP contribution >= 0.6 is 7.82 Å². The van der Waals surface area contributed by atoms with Crippen LogP contribution in [0, 0.1) is 0 Å². The first-order chi connectivity index (χ1) is 10.7. The largest absolute Gasteiger partial charge is 0.587 e. The molecule has 0 radical (unpaired) electrons. The van der Waals surface area contributed by atoms with Crippen molar-refractivity contribution in [2.24, 2.45) is 0 Å². The monoisotopic (exact) mass is 318 g/mol. The average molecular weight is 318 g/mol. The highest BCUT2D eigenvalue weighted by Gasteiger charge is 2.35.